The molecule has 0 bridgehead atoms. The SMILES string of the molecule is CC1NCCCC1N(C)C. The second kappa shape index (κ2) is 3.35. The summed E-state index contributed by atoms with van der Waals surface area (Å²) >= 11 is 0. The van der Waals surface area contributed by atoms with Crippen LogP contribution in [0.15, 0.2) is 0 Å². The van der Waals surface area contributed by atoms with Gasteiger partial charge in [0.15, 0.2) is 0 Å². The molecule has 2 atom stereocenters. The van der Waals surface area contributed by atoms with Crippen molar-refractivity contribution in [2.45, 2.75) is 31.8 Å². The van der Waals surface area contributed by atoms with Gasteiger partial charge in [0.05, 0.1) is 0 Å². The average Bonchev–Trinajstić information content (AvgIpc) is 1.88. The largest absolute Gasteiger partial charge is 0.313 e. The van der Waals surface area contributed by atoms with Gasteiger partial charge in [-0.3, -0.25) is 0 Å². The fourth-order valence-electron chi connectivity index (χ4n) is 1.73. The maximum atomic E-state index is 3.47. The minimum absolute atomic E-state index is 0.670. The lowest BCUT2D eigenvalue weighted by molar-refractivity contribution is 0.195. The van der Waals surface area contributed by atoms with Gasteiger partial charge in [-0.1, -0.05) is 0 Å². The highest BCUT2D eigenvalue weighted by atomic mass is 15.1. The molecule has 10 heavy (non-hydrogen) atoms. The van der Waals surface area contributed by atoms with Crippen molar-refractivity contribution >= 4 is 0 Å². The van der Waals surface area contributed by atoms with Gasteiger partial charge in [-0.15, -0.1) is 0 Å². The molecule has 1 N–H and O–H groups in total. The standard InChI is InChI=1S/C8H18N2/c1-7-8(10(2)3)5-4-6-9-7/h7-9H,4-6H2,1-3H3. The van der Waals surface area contributed by atoms with E-state index in [4.69, 9.17) is 0 Å². The minimum Gasteiger partial charge on any atom is -0.313 e. The molecule has 2 unspecified atom stereocenters. The van der Waals surface area contributed by atoms with Crippen LogP contribution in [0.3, 0.4) is 0 Å². The van der Waals surface area contributed by atoms with Crippen LogP contribution in [-0.4, -0.2) is 37.6 Å². The highest BCUT2D eigenvalue weighted by Crippen LogP contribution is 2.11. The van der Waals surface area contributed by atoms with Crippen LogP contribution < -0.4 is 5.32 Å². The van der Waals surface area contributed by atoms with Crippen LogP contribution in [0.4, 0.5) is 0 Å². The van der Waals surface area contributed by atoms with Gasteiger partial charge in [-0.25, -0.2) is 0 Å². The number of rotatable bonds is 1. The summed E-state index contributed by atoms with van der Waals surface area (Å²) in [5.41, 5.74) is 0. The van der Waals surface area contributed by atoms with Crippen LogP contribution in [-0.2, 0) is 0 Å². The van der Waals surface area contributed by atoms with Crippen LogP contribution in [0.5, 0.6) is 0 Å². The second-order valence-electron chi connectivity index (χ2n) is 3.42. The van der Waals surface area contributed by atoms with Gasteiger partial charge < -0.3 is 10.2 Å². The average molecular weight is 142 g/mol. The number of likely N-dealkylation sites (N-methyl/N-ethyl adjacent to an activating group) is 1. The molecule has 0 spiro atoms. The molecule has 2 heteroatoms. The van der Waals surface area contributed by atoms with E-state index in [2.05, 4.69) is 31.2 Å². The summed E-state index contributed by atoms with van der Waals surface area (Å²) in [6, 6.07) is 1.41. The molecular weight excluding hydrogens is 124 g/mol. The number of nitrogens with zero attached hydrogens (tertiary/aromatic N) is 1. The van der Waals surface area contributed by atoms with E-state index in [1.54, 1.807) is 0 Å². The van der Waals surface area contributed by atoms with Crippen molar-refractivity contribution < 1.29 is 0 Å². The Morgan fingerprint density at radius 1 is 1.40 bits per heavy atom. The summed E-state index contributed by atoms with van der Waals surface area (Å²) in [5.74, 6) is 0. The Labute approximate surface area is 63.6 Å². The lowest BCUT2D eigenvalue weighted by atomic mass is 9.99. The third-order valence-corrected chi connectivity index (χ3v) is 2.38. The zero-order valence-corrected chi connectivity index (χ0v) is 7.22. The maximum Gasteiger partial charge on any atom is 0.0241 e. The third-order valence-electron chi connectivity index (χ3n) is 2.38. The van der Waals surface area contributed by atoms with Crippen LogP contribution in [0.25, 0.3) is 0 Å². The Morgan fingerprint density at radius 2 is 2.10 bits per heavy atom. The summed E-state index contributed by atoms with van der Waals surface area (Å²) in [7, 11) is 4.32. The Kier molecular flexibility index (Phi) is 2.69. The first-order valence-corrected chi connectivity index (χ1v) is 4.11. The Morgan fingerprint density at radius 3 is 2.50 bits per heavy atom. The van der Waals surface area contributed by atoms with Gasteiger partial charge in [0.2, 0.25) is 0 Å². The summed E-state index contributed by atoms with van der Waals surface area (Å²) in [6.07, 6.45) is 2.67. The van der Waals surface area contributed by atoms with Crippen molar-refractivity contribution in [2.24, 2.45) is 0 Å². The van der Waals surface area contributed by atoms with Crippen molar-refractivity contribution in [2.75, 3.05) is 20.6 Å². The molecule has 0 aromatic rings. The van der Waals surface area contributed by atoms with E-state index in [0.29, 0.717) is 6.04 Å². The molecule has 1 heterocycles. The first-order valence-electron chi connectivity index (χ1n) is 4.11. The predicted molar refractivity (Wildman–Crippen MR) is 44.2 cm³/mol. The molecular formula is C8H18N2. The number of nitrogens with one attached hydrogen (secondary N) is 1. The topological polar surface area (TPSA) is 15.3 Å². The van der Waals surface area contributed by atoms with Crippen LogP contribution >= 0.6 is 0 Å². The number of hydrogen-bond acceptors (Lipinski definition) is 2. The molecule has 0 amide bonds. The maximum absolute atomic E-state index is 3.47. The fourth-order valence-corrected chi connectivity index (χ4v) is 1.73. The van der Waals surface area contributed by atoms with E-state index in [0.717, 1.165) is 6.04 Å². The molecule has 1 aliphatic rings. The lowest BCUT2D eigenvalue weighted by Gasteiger charge is -2.34. The van der Waals surface area contributed by atoms with Crippen LogP contribution in [0, 0.1) is 0 Å². The van der Waals surface area contributed by atoms with Gasteiger partial charge in [-0.05, 0) is 40.4 Å². The zero-order valence-electron chi connectivity index (χ0n) is 7.22. The first kappa shape index (κ1) is 8.02. The summed E-state index contributed by atoms with van der Waals surface area (Å²) in [4.78, 5) is 2.32. The highest BCUT2D eigenvalue weighted by molar-refractivity contribution is 4.82. The monoisotopic (exact) mass is 142 g/mol. The fraction of sp³-hybridized carbons (Fsp3) is 1.00. The number of piperidine rings is 1. The highest BCUT2D eigenvalue weighted by Gasteiger charge is 2.21. The van der Waals surface area contributed by atoms with Crippen molar-refractivity contribution in [3.8, 4) is 0 Å². The molecule has 0 aliphatic carbocycles. The summed E-state index contributed by atoms with van der Waals surface area (Å²) < 4.78 is 0. The van der Waals surface area contributed by atoms with Gasteiger partial charge in [0.1, 0.15) is 0 Å². The molecule has 60 valence electrons. The third kappa shape index (κ3) is 1.70. The van der Waals surface area contributed by atoms with Crippen molar-refractivity contribution in [3.63, 3.8) is 0 Å². The molecule has 0 radical (unpaired) electrons. The van der Waals surface area contributed by atoms with Gasteiger partial charge in [0.25, 0.3) is 0 Å². The predicted octanol–water partition coefficient (Wildman–Crippen LogP) is 0.688. The van der Waals surface area contributed by atoms with E-state index in [1.807, 2.05) is 0 Å². The minimum atomic E-state index is 0.670. The van der Waals surface area contributed by atoms with Gasteiger partial charge in [0, 0.05) is 12.1 Å². The van der Waals surface area contributed by atoms with Gasteiger partial charge in [-0.2, -0.15) is 0 Å². The van der Waals surface area contributed by atoms with Crippen LogP contribution in [0.2, 0.25) is 0 Å². The summed E-state index contributed by atoms with van der Waals surface area (Å²) in [6.45, 7) is 3.47. The van der Waals surface area contributed by atoms with E-state index < -0.39 is 0 Å². The van der Waals surface area contributed by atoms with Crippen molar-refractivity contribution in [3.05, 3.63) is 0 Å². The van der Waals surface area contributed by atoms with Crippen LogP contribution in [0.1, 0.15) is 19.8 Å². The molecule has 1 aliphatic heterocycles. The smallest absolute Gasteiger partial charge is 0.0241 e. The summed E-state index contributed by atoms with van der Waals surface area (Å²) in [5, 5.41) is 3.47. The van der Waals surface area contributed by atoms with Gasteiger partial charge >= 0.3 is 0 Å². The Bertz CT molecular complexity index is 101. The lowest BCUT2D eigenvalue weighted by Crippen LogP contribution is -2.49. The van der Waals surface area contributed by atoms with E-state index in [9.17, 15) is 0 Å². The number of hydrogen-bond donors (Lipinski definition) is 1. The van der Waals surface area contributed by atoms with E-state index >= 15 is 0 Å². The normalized spacial score (nSPS) is 34.8. The van der Waals surface area contributed by atoms with E-state index in [-0.39, 0.29) is 0 Å². The molecule has 2 nitrogen and oxygen atoms in total. The molecule has 0 saturated carbocycles. The molecule has 1 rings (SSSR count). The van der Waals surface area contributed by atoms with E-state index in [1.165, 1.54) is 19.4 Å². The second-order valence-corrected chi connectivity index (χ2v) is 3.42. The Balaban J connectivity index is 2.40. The zero-order chi connectivity index (χ0) is 7.56. The molecule has 0 aromatic carbocycles. The quantitative estimate of drug-likeness (QED) is 0.579. The van der Waals surface area contributed by atoms with Crippen molar-refractivity contribution in [1.82, 2.24) is 10.2 Å². The first-order chi connectivity index (χ1) is 4.72. The van der Waals surface area contributed by atoms with Crippen molar-refractivity contribution in [1.29, 1.82) is 0 Å². The molecule has 0 aromatic heterocycles. The molecule has 1 fully saturated rings. The Hall–Kier alpha value is -0.0800. The molecule has 1 saturated heterocycles.